The van der Waals surface area contributed by atoms with Gasteiger partial charge < -0.3 is 4.74 Å². The van der Waals surface area contributed by atoms with Gasteiger partial charge in [0.15, 0.2) is 6.29 Å². The first-order valence-electron chi connectivity index (χ1n) is 4.01. The van der Waals surface area contributed by atoms with Gasteiger partial charge in [0.2, 0.25) is 0 Å². The SMILES string of the molecule is COc1c(C=O)ccc2sc(S)cc12. The normalized spacial score (nSPS) is 10.4. The summed E-state index contributed by atoms with van der Waals surface area (Å²) in [5.41, 5.74) is 0.575. The quantitative estimate of drug-likeness (QED) is 0.627. The summed E-state index contributed by atoms with van der Waals surface area (Å²) in [6, 6.07) is 5.58. The Bertz CT molecular complexity index is 488. The van der Waals surface area contributed by atoms with Gasteiger partial charge in [0.05, 0.1) is 16.9 Å². The Morgan fingerprint density at radius 1 is 1.50 bits per heavy atom. The van der Waals surface area contributed by atoms with E-state index in [2.05, 4.69) is 12.6 Å². The van der Waals surface area contributed by atoms with Crippen molar-refractivity contribution in [3.63, 3.8) is 0 Å². The molecule has 0 saturated carbocycles. The molecule has 0 bridgehead atoms. The summed E-state index contributed by atoms with van der Waals surface area (Å²) >= 11 is 5.84. The molecule has 0 N–H and O–H groups in total. The third kappa shape index (κ3) is 1.40. The predicted molar refractivity (Wildman–Crippen MR) is 61.0 cm³/mol. The average Bonchev–Trinajstić information content (AvgIpc) is 2.56. The van der Waals surface area contributed by atoms with Crippen molar-refractivity contribution < 1.29 is 9.53 Å². The molecule has 0 aliphatic carbocycles. The minimum atomic E-state index is 0.575. The molecule has 0 spiro atoms. The summed E-state index contributed by atoms with van der Waals surface area (Å²) in [6.07, 6.45) is 0.800. The van der Waals surface area contributed by atoms with Crippen molar-refractivity contribution in [3.05, 3.63) is 23.8 Å². The van der Waals surface area contributed by atoms with Crippen LogP contribution in [0.1, 0.15) is 10.4 Å². The summed E-state index contributed by atoms with van der Waals surface area (Å²) < 4.78 is 7.20. The first-order valence-corrected chi connectivity index (χ1v) is 5.27. The highest BCUT2D eigenvalue weighted by Gasteiger charge is 2.09. The molecule has 0 atom stereocenters. The molecule has 1 aromatic carbocycles. The Balaban J connectivity index is 2.82. The average molecular weight is 224 g/mol. The van der Waals surface area contributed by atoms with Gasteiger partial charge >= 0.3 is 0 Å². The lowest BCUT2D eigenvalue weighted by Crippen LogP contribution is -1.89. The predicted octanol–water partition coefficient (Wildman–Crippen LogP) is 3.01. The maximum atomic E-state index is 10.7. The molecule has 72 valence electrons. The second-order valence-corrected chi connectivity index (χ2v) is 4.67. The number of rotatable bonds is 2. The minimum Gasteiger partial charge on any atom is -0.495 e. The fourth-order valence-electron chi connectivity index (χ4n) is 1.41. The van der Waals surface area contributed by atoms with Crippen molar-refractivity contribution in [2.75, 3.05) is 7.11 Å². The van der Waals surface area contributed by atoms with Crippen LogP contribution in [0.2, 0.25) is 0 Å². The van der Waals surface area contributed by atoms with E-state index in [4.69, 9.17) is 4.74 Å². The van der Waals surface area contributed by atoms with Crippen molar-refractivity contribution in [1.29, 1.82) is 0 Å². The van der Waals surface area contributed by atoms with E-state index in [9.17, 15) is 4.79 Å². The van der Waals surface area contributed by atoms with Crippen molar-refractivity contribution in [2.45, 2.75) is 4.21 Å². The Labute approximate surface area is 90.9 Å². The van der Waals surface area contributed by atoms with E-state index in [1.807, 2.05) is 12.1 Å². The number of thiophene rings is 1. The van der Waals surface area contributed by atoms with Crippen LogP contribution in [-0.4, -0.2) is 13.4 Å². The summed E-state index contributed by atoms with van der Waals surface area (Å²) in [6.45, 7) is 0. The number of hydrogen-bond acceptors (Lipinski definition) is 4. The summed E-state index contributed by atoms with van der Waals surface area (Å²) in [5, 5.41) is 0.951. The largest absolute Gasteiger partial charge is 0.495 e. The first-order chi connectivity index (χ1) is 6.76. The number of aldehydes is 1. The fraction of sp³-hybridized carbons (Fsp3) is 0.100. The van der Waals surface area contributed by atoms with E-state index in [0.717, 1.165) is 20.6 Å². The van der Waals surface area contributed by atoms with Gasteiger partial charge in [-0.1, -0.05) is 0 Å². The molecule has 0 saturated heterocycles. The Kier molecular flexibility index (Phi) is 2.48. The molecule has 1 heterocycles. The van der Waals surface area contributed by atoms with Crippen LogP contribution in [0.4, 0.5) is 0 Å². The summed E-state index contributed by atoms with van der Waals surface area (Å²) in [4.78, 5) is 10.7. The van der Waals surface area contributed by atoms with Crippen molar-refractivity contribution >= 4 is 40.3 Å². The van der Waals surface area contributed by atoms with E-state index in [1.165, 1.54) is 0 Å². The second-order valence-electron chi connectivity index (χ2n) is 2.80. The third-order valence-corrected chi connectivity index (χ3v) is 3.31. The summed E-state index contributed by atoms with van der Waals surface area (Å²) in [7, 11) is 1.57. The van der Waals surface area contributed by atoms with Crippen molar-refractivity contribution in [1.82, 2.24) is 0 Å². The molecule has 0 aliphatic rings. The summed E-state index contributed by atoms with van der Waals surface area (Å²) in [5.74, 6) is 0.633. The smallest absolute Gasteiger partial charge is 0.153 e. The van der Waals surface area contributed by atoms with Crippen LogP contribution < -0.4 is 4.74 Å². The fourth-order valence-corrected chi connectivity index (χ4v) is 2.63. The lowest BCUT2D eigenvalue weighted by atomic mass is 10.1. The minimum absolute atomic E-state index is 0.575. The lowest BCUT2D eigenvalue weighted by molar-refractivity contribution is 0.112. The van der Waals surface area contributed by atoms with Crippen molar-refractivity contribution in [2.24, 2.45) is 0 Å². The van der Waals surface area contributed by atoms with Crippen LogP contribution in [0.15, 0.2) is 22.4 Å². The monoisotopic (exact) mass is 224 g/mol. The van der Waals surface area contributed by atoms with E-state index < -0.39 is 0 Å². The molecule has 2 nitrogen and oxygen atoms in total. The maximum Gasteiger partial charge on any atom is 0.153 e. The van der Waals surface area contributed by atoms with Crippen LogP contribution >= 0.6 is 24.0 Å². The number of hydrogen-bond donors (Lipinski definition) is 1. The standard InChI is InChI=1S/C10H8O2S2/c1-12-10-6(5-11)2-3-8-7(10)4-9(13)14-8/h2-5,13H,1H3. The highest BCUT2D eigenvalue weighted by molar-refractivity contribution is 7.83. The molecule has 0 unspecified atom stereocenters. The maximum absolute atomic E-state index is 10.7. The number of fused-ring (bicyclic) bond motifs is 1. The molecule has 14 heavy (non-hydrogen) atoms. The molecular formula is C10H8O2S2. The Hall–Kier alpha value is -1.00. The van der Waals surface area contributed by atoms with E-state index in [0.29, 0.717) is 11.3 Å². The molecular weight excluding hydrogens is 216 g/mol. The first kappa shape index (κ1) is 9.55. The zero-order valence-corrected chi connectivity index (χ0v) is 9.19. The number of thiol groups is 1. The molecule has 2 rings (SSSR count). The Morgan fingerprint density at radius 2 is 2.29 bits per heavy atom. The number of methoxy groups -OCH3 is 1. The van der Waals surface area contributed by atoms with E-state index in [1.54, 1.807) is 24.5 Å². The molecule has 0 amide bonds. The molecule has 1 aromatic heterocycles. The molecule has 4 heteroatoms. The molecule has 0 fully saturated rings. The van der Waals surface area contributed by atoms with Gasteiger partial charge in [-0.05, 0) is 18.2 Å². The topological polar surface area (TPSA) is 26.3 Å². The van der Waals surface area contributed by atoms with Gasteiger partial charge in [-0.3, -0.25) is 4.79 Å². The Morgan fingerprint density at radius 3 is 2.93 bits per heavy atom. The molecule has 0 radical (unpaired) electrons. The van der Waals surface area contributed by atoms with Crippen LogP contribution in [0.5, 0.6) is 5.75 Å². The van der Waals surface area contributed by atoms with Crippen LogP contribution in [0.25, 0.3) is 10.1 Å². The third-order valence-electron chi connectivity index (χ3n) is 2.00. The van der Waals surface area contributed by atoms with E-state index in [-0.39, 0.29) is 0 Å². The van der Waals surface area contributed by atoms with Gasteiger partial charge in [-0.15, -0.1) is 24.0 Å². The van der Waals surface area contributed by atoms with Gasteiger partial charge in [-0.25, -0.2) is 0 Å². The van der Waals surface area contributed by atoms with E-state index >= 15 is 0 Å². The van der Waals surface area contributed by atoms with Gasteiger partial charge in [-0.2, -0.15) is 0 Å². The number of ether oxygens (including phenoxy) is 1. The number of carbonyl (C=O) groups excluding carboxylic acids is 1. The van der Waals surface area contributed by atoms with Gasteiger partial charge in [0, 0.05) is 10.1 Å². The molecule has 0 aliphatic heterocycles. The van der Waals surface area contributed by atoms with Gasteiger partial charge in [0.25, 0.3) is 0 Å². The van der Waals surface area contributed by atoms with Gasteiger partial charge in [0.1, 0.15) is 5.75 Å². The number of carbonyl (C=O) groups is 1. The number of benzene rings is 1. The highest BCUT2D eigenvalue weighted by atomic mass is 32.2. The van der Waals surface area contributed by atoms with Crippen LogP contribution in [0.3, 0.4) is 0 Å². The zero-order chi connectivity index (χ0) is 10.1. The highest BCUT2D eigenvalue weighted by Crippen LogP contribution is 2.36. The second kappa shape index (κ2) is 3.63. The lowest BCUT2D eigenvalue weighted by Gasteiger charge is -2.03. The van der Waals surface area contributed by atoms with Crippen LogP contribution in [-0.2, 0) is 0 Å². The van der Waals surface area contributed by atoms with Crippen molar-refractivity contribution in [3.8, 4) is 5.75 Å². The zero-order valence-electron chi connectivity index (χ0n) is 7.48. The van der Waals surface area contributed by atoms with Crippen LogP contribution in [0, 0.1) is 0 Å². The molecule has 2 aromatic rings.